The van der Waals surface area contributed by atoms with E-state index in [2.05, 4.69) is 13.2 Å². The molecule has 1 atom stereocenters. The summed E-state index contributed by atoms with van der Waals surface area (Å²) in [5, 5.41) is 0. The average Bonchev–Trinajstić information content (AvgIpc) is 2.30. The van der Waals surface area contributed by atoms with Crippen molar-refractivity contribution < 1.29 is 19.1 Å². The lowest BCUT2D eigenvalue weighted by atomic mass is 10.2. The molecule has 0 aliphatic rings. The minimum atomic E-state index is -0.809. The van der Waals surface area contributed by atoms with Gasteiger partial charge in [-0.2, -0.15) is 0 Å². The van der Waals surface area contributed by atoms with E-state index in [1.165, 1.54) is 12.2 Å². The van der Waals surface area contributed by atoms with E-state index in [9.17, 15) is 9.59 Å². The van der Waals surface area contributed by atoms with Gasteiger partial charge in [0.1, 0.15) is 19.3 Å². The van der Waals surface area contributed by atoms with Gasteiger partial charge in [-0.1, -0.05) is 25.3 Å². The number of esters is 2. The van der Waals surface area contributed by atoms with Crippen molar-refractivity contribution in [2.24, 2.45) is 5.73 Å². The number of ether oxygens (including phenoxy) is 2. The molecule has 0 heterocycles. The van der Waals surface area contributed by atoms with Gasteiger partial charge in [-0.15, -0.1) is 12.4 Å². The van der Waals surface area contributed by atoms with Gasteiger partial charge in [0.2, 0.25) is 0 Å². The molecule has 0 unspecified atom stereocenters. The van der Waals surface area contributed by atoms with Crippen molar-refractivity contribution in [3.63, 3.8) is 0 Å². The van der Waals surface area contributed by atoms with E-state index in [0.29, 0.717) is 0 Å². The molecule has 6 heteroatoms. The monoisotopic (exact) mass is 263 g/mol. The first-order valence-electron chi connectivity index (χ1n) is 4.91. The van der Waals surface area contributed by atoms with Crippen LogP contribution in [-0.2, 0) is 19.1 Å². The topological polar surface area (TPSA) is 78.6 Å². The van der Waals surface area contributed by atoms with Crippen molar-refractivity contribution >= 4 is 24.3 Å². The van der Waals surface area contributed by atoms with Crippen molar-refractivity contribution in [3.8, 4) is 0 Å². The lowest BCUT2D eigenvalue weighted by molar-refractivity contribution is -0.145. The van der Waals surface area contributed by atoms with Crippen LogP contribution in [-0.4, -0.2) is 31.2 Å². The summed E-state index contributed by atoms with van der Waals surface area (Å²) in [5.41, 5.74) is 5.50. The first-order chi connectivity index (χ1) is 7.61. The lowest BCUT2D eigenvalue weighted by Crippen LogP contribution is -2.33. The molecule has 0 amide bonds. The molecule has 0 radical (unpaired) electrons. The Hall–Kier alpha value is -1.33. The molecule has 17 heavy (non-hydrogen) atoms. The number of carbonyl (C=O) groups is 2. The Morgan fingerprint density at radius 2 is 1.71 bits per heavy atom. The average molecular weight is 264 g/mol. The Morgan fingerprint density at radius 1 is 1.18 bits per heavy atom. The van der Waals surface area contributed by atoms with Gasteiger partial charge in [0.05, 0.1) is 0 Å². The molecular weight excluding hydrogens is 246 g/mol. The van der Waals surface area contributed by atoms with E-state index in [4.69, 9.17) is 15.2 Å². The highest BCUT2D eigenvalue weighted by atomic mass is 35.5. The highest BCUT2D eigenvalue weighted by molar-refractivity contribution is 5.85. The Bertz CT molecular complexity index is 268. The van der Waals surface area contributed by atoms with Crippen molar-refractivity contribution in [3.05, 3.63) is 25.3 Å². The second kappa shape index (κ2) is 11.2. The summed E-state index contributed by atoms with van der Waals surface area (Å²) in [6, 6.07) is -0.809. The van der Waals surface area contributed by atoms with Gasteiger partial charge >= 0.3 is 11.9 Å². The van der Waals surface area contributed by atoms with Crippen LogP contribution in [0.15, 0.2) is 25.3 Å². The molecule has 2 N–H and O–H groups in total. The molecule has 0 aliphatic carbocycles. The quantitative estimate of drug-likeness (QED) is 0.522. The Balaban J connectivity index is 0. The second-order valence-electron chi connectivity index (χ2n) is 3.04. The molecule has 0 aliphatic heterocycles. The maximum absolute atomic E-state index is 11.2. The molecule has 0 rings (SSSR count). The molecule has 0 aromatic rings. The summed E-state index contributed by atoms with van der Waals surface area (Å²) >= 11 is 0. The molecule has 0 fully saturated rings. The van der Waals surface area contributed by atoms with Crippen molar-refractivity contribution in [1.29, 1.82) is 0 Å². The van der Waals surface area contributed by atoms with E-state index >= 15 is 0 Å². The van der Waals surface area contributed by atoms with Gasteiger partial charge in [0, 0.05) is 6.42 Å². The summed E-state index contributed by atoms with van der Waals surface area (Å²) < 4.78 is 9.44. The molecule has 98 valence electrons. The molecule has 0 bridgehead atoms. The molecule has 5 nitrogen and oxygen atoms in total. The van der Waals surface area contributed by atoms with Crippen LogP contribution in [0.4, 0.5) is 0 Å². The molecule has 0 saturated heterocycles. The van der Waals surface area contributed by atoms with Gasteiger partial charge in [0.25, 0.3) is 0 Å². The summed E-state index contributed by atoms with van der Waals surface area (Å²) in [6.07, 6.45) is 3.20. The largest absolute Gasteiger partial charge is 0.461 e. The van der Waals surface area contributed by atoms with E-state index in [1.807, 2.05) is 0 Å². The van der Waals surface area contributed by atoms with Crippen molar-refractivity contribution in [2.45, 2.75) is 18.9 Å². The molecular formula is C11H18ClNO4. The molecule has 0 aromatic carbocycles. The van der Waals surface area contributed by atoms with Crippen LogP contribution in [0, 0.1) is 0 Å². The Morgan fingerprint density at radius 3 is 2.24 bits per heavy atom. The maximum atomic E-state index is 11.2. The summed E-state index contributed by atoms with van der Waals surface area (Å²) in [4.78, 5) is 22.2. The van der Waals surface area contributed by atoms with Crippen LogP contribution < -0.4 is 5.73 Å². The third kappa shape index (κ3) is 9.59. The SMILES string of the molecule is C=CCOC(=O)CC[C@H](N)C(=O)OCC=C.Cl. The Labute approximate surface area is 107 Å². The van der Waals surface area contributed by atoms with E-state index in [0.717, 1.165) is 0 Å². The zero-order valence-corrected chi connectivity index (χ0v) is 10.4. The Kier molecular flexibility index (Phi) is 11.9. The van der Waals surface area contributed by atoms with Gasteiger partial charge in [0.15, 0.2) is 0 Å². The van der Waals surface area contributed by atoms with Crippen molar-refractivity contribution in [2.75, 3.05) is 13.2 Å². The first-order valence-corrected chi connectivity index (χ1v) is 4.91. The van der Waals surface area contributed by atoms with E-state index in [1.54, 1.807) is 0 Å². The molecule has 0 spiro atoms. The molecule has 0 saturated carbocycles. The van der Waals surface area contributed by atoms with Crippen LogP contribution in [0.2, 0.25) is 0 Å². The maximum Gasteiger partial charge on any atom is 0.323 e. The number of carbonyl (C=O) groups excluding carboxylic acids is 2. The second-order valence-corrected chi connectivity index (χ2v) is 3.04. The van der Waals surface area contributed by atoms with Gasteiger partial charge in [-0.05, 0) is 6.42 Å². The number of rotatable bonds is 8. The van der Waals surface area contributed by atoms with Crippen molar-refractivity contribution in [1.82, 2.24) is 0 Å². The minimum absolute atomic E-state index is 0. The van der Waals surface area contributed by atoms with Crippen LogP contribution >= 0.6 is 12.4 Å². The lowest BCUT2D eigenvalue weighted by Gasteiger charge is -2.09. The van der Waals surface area contributed by atoms with Crippen LogP contribution in [0.3, 0.4) is 0 Å². The van der Waals surface area contributed by atoms with Crippen LogP contribution in [0.5, 0.6) is 0 Å². The van der Waals surface area contributed by atoms with E-state index in [-0.39, 0.29) is 38.5 Å². The fourth-order valence-corrected chi connectivity index (χ4v) is 0.863. The predicted octanol–water partition coefficient (Wildman–Crippen LogP) is 0.974. The number of hydrogen-bond donors (Lipinski definition) is 1. The predicted molar refractivity (Wildman–Crippen MR) is 66.8 cm³/mol. The third-order valence-electron chi connectivity index (χ3n) is 1.67. The fourth-order valence-electron chi connectivity index (χ4n) is 0.863. The standard InChI is InChI=1S/C11H17NO4.ClH/c1-3-7-15-10(13)6-5-9(12)11(14)16-8-4-2;/h3-4,9H,1-2,5-8,12H2;1H/t9-;/m0./s1. The first kappa shape index (κ1) is 18.0. The van der Waals surface area contributed by atoms with Crippen LogP contribution in [0.1, 0.15) is 12.8 Å². The van der Waals surface area contributed by atoms with Gasteiger partial charge in [-0.25, -0.2) is 0 Å². The normalized spacial score (nSPS) is 10.6. The zero-order valence-electron chi connectivity index (χ0n) is 9.59. The highest BCUT2D eigenvalue weighted by Crippen LogP contribution is 1.99. The number of nitrogens with two attached hydrogens (primary N) is 1. The summed E-state index contributed by atoms with van der Waals surface area (Å²) in [7, 11) is 0. The third-order valence-corrected chi connectivity index (χ3v) is 1.67. The number of hydrogen-bond acceptors (Lipinski definition) is 5. The number of halogens is 1. The van der Waals surface area contributed by atoms with E-state index < -0.39 is 18.0 Å². The van der Waals surface area contributed by atoms with Gasteiger partial charge in [-0.3, -0.25) is 9.59 Å². The molecule has 0 aromatic heterocycles. The fraction of sp³-hybridized carbons (Fsp3) is 0.455. The van der Waals surface area contributed by atoms with Gasteiger partial charge < -0.3 is 15.2 Å². The summed E-state index contributed by atoms with van der Waals surface area (Å²) in [5.74, 6) is -0.955. The summed E-state index contributed by atoms with van der Waals surface area (Å²) in [6.45, 7) is 7.08. The highest BCUT2D eigenvalue weighted by Gasteiger charge is 2.16. The minimum Gasteiger partial charge on any atom is -0.461 e. The smallest absolute Gasteiger partial charge is 0.323 e. The van der Waals surface area contributed by atoms with Crippen LogP contribution in [0.25, 0.3) is 0 Å². The zero-order chi connectivity index (χ0) is 12.4.